The van der Waals surface area contributed by atoms with E-state index in [0.29, 0.717) is 6.54 Å². The molecule has 1 saturated heterocycles. The van der Waals surface area contributed by atoms with Crippen LogP contribution >= 0.6 is 0 Å². The largest absolute Gasteiger partial charge is 0.387 e. The number of carbonyl (C=O) groups is 1. The van der Waals surface area contributed by atoms with Crippen LogP contribution in [0.2, 0.25) is 0 Å². The molecule has 0 radical (unpaired) electrons. The highest BCUT2D eigenvalue weighted by Gasteiger charge is 2.55. The van der Waals surface area contributed by atoms with Crippen molar-refractivity contribution in [1.29, 1.82) is 0 Å². The maximum atomic E-state index is 11.8. The molecule has 0 spiro atoms. The van der Waals surface area contributed by atoms with E-state index in [9.17, 15) is 9.90 Å². The van der Waals surface area contributed by atoms with Crippen molar-refractivity contribution in [3.63, 3.8) is 0 Å². The fraction of sp³-hybridized carbons (Fsp3) is 0.192. The van der Waals surface area contributed by atoms with Crippen molar-refractivity contribution in [3.8, 4) is 0 Å². The molecule has 0 aromatic heterocycles. The van der Waals surface area contributed by atoms with Crippen LogP contribution in [0, 0.1) is 0 Å². The number of rotatable bonds is 7. The van der Waals surface area contributed by atoms with Crippen LogP contribution in [0.25, 0.3) is 0 Å². The summed E-state index contributed by atoms with van der Waals surface area (Å²) in [6.07, 6.45) is -0.886. The van der Waals surface area contributed by atoms with Gasteiger partial charge in [0, 0.05) is 12.1 Å². The maximum Gasteiger partial charge on any atom is 0.157 e. The second-order valence-corrected chi connectivity index (χ2v) is 7.55. The molecule has 0 bridgehead atoms. The third kappa shape index (κ3) is 3.33. The minimum atomic E-state index is -0.886. The summed E-state index contributed by atoms with van der Waals surface area (Å²) in [7, 11) is 0. The third-order valence-electron chi connectivity index (χ3n) is 5.83. The average Bonchev–Trinajstić information content (AvgIpc) is 3.56. The summed E-state index contributed by atoms with van der Waals surface area (Å²) in [5.41, 5.74) is 3.08. The van der Waals surface area contributed by atoms with E-state index in [1.807, 2.05) is 54.6 Å². The van der Waals surface area contributed by atoms with Gasteiger partial charge in [0.25, 0.3) is 0 Å². The van der Waals surface area contributed by atoms with Crippen LogP contribution in [0.3, 0.4) is 0 Å². The summed E-state index contributed by atoms with van der Waals surface area (Å²) in [4.78, 5) is 14.1. The Hall–Kier alpha value is -3.01. The van der Waals surface area contributed by atoms with Gasteiger partial charge in [-0.3, -0.25) is 9.69 Å². The number of hydrogen-bond donors (Lipinski definition) is 1. The third-order valence-corrected chi connectivity index (χ3v) is 5.83. The Balaban J connectivity index is 1.91. The summed E-state index contributed by atoms with van der Waals surface area (Å²) in [5.74, 6) is -0.172. The number of aliphatic hydroxyl groups is 1. The Labute approximate surface area is 171 Å². The molecule has 4 rings (SSSR count). The Morgan fingerprint density at radius 3 is 1.62 bits per heavy atom. The Morgan fingerprint density at radius 1 is 0.897 bits per heavy atom. The lowest BCUT2D eigenvalue weighted by atomic mass is 9.76. The first kappa shape index (κ1) is 19.3. The first-order valence-corrected chi connectivity index (χ1v) is 9.88. The summed E-state index contributed by atoms with van der Waals surface area (Å²) in [6.45, 7) is 5.95. The molecule has 3 aromatic carbocycles. The maximum absolute atomic E-state index is 11.8. The predicted molar refractivity (Wildman–Crippen MR) is 116 cm³/mol. The standard InChI is InChI=1S/C26H25NO2/c1-19(20(2)28)25(29)24-18-27(24)26(21-12-6-3-7-13-21,22-14-8-4-9-15-22)23-16-10-5-11-17-23/h3-17,24-25,29H,1,18H2,2H3/t24-,25-,27?/m0/s1. The smallest absolute Gasteiger partial charge is 0.157 e. The normalized spacial score (nSPS) is 19.4. The zero-order valence-corrected chi connectivity index (χ0v) is 16.5. The first-order chi connectivity index (χ1) is 14.1. The van der Waals surface area contributed by atoms with Crippen molar-refractivity contribution in [2.75, 3.05) is 6.54 Å². The number of carbonyl (C=O) groups excluding carboxylic acids is 1. The van der Waals surface area contributed by atoms with E-state index in [0.717, 1.165) is 16.7 Å². The van der Waals surface area contributed by atoms with Gasteiger partial charge in [-0.05, 0) is 23.6 Å². The summed E-state index contributed by atoms with van der Waals surface area (Å²) < 4.78 is 0. The van der Waals surface area contributed by atoms with Gasteiger partial charge in [0.15, 0.2) is 5.78 Å². The molecule has 0 amide bonds. The van der Waals surface area contributed by atoms with Crippen LogP contribution in [0.4, 0.5) is 0 Å². The molecule has 1 aliphatic rings. The number of aliphatic hydroxyl groups excluding tert-OH is 1. The fourth-order valence-corrected chi connectivity index (χ4v) is 4.29. The predicted octanol–water partition coefficient (Wildman–Crippen LogP) is 4.17. The molecule has 1 unspecified atom stereocenters. The van der Waals surface area contributed by atoms with Gasteiger partial charge < -0.3 is 5.11 Å². The number of hydrogen-bond acceptors (Lipinski definition) is 3. The lowest BCUT2D eigenvalue weighted by molar-refractivity contribution is -0.114. The molecule has 1 N–H and O–H groups in total. The molecule has 1 aliphatic heterocycles. The monoisotopic (exact) mass is 383 g/mol. The molecule has 3 nitrogen and oxygen atoms in total. The van der Waals surface area contributed by atoms with Crippen LogP contribution in [-0.2, 0) is 10.3 Å². The van der Waals surface area contributed by atoms with E-state index in [2.05, 4.69) is 47.9 Å². The van der Waals surface area contributed by atoms with E-state index in [4.69, 9.17) is 0 Å². The molecule has 0 aliphatic carbocycles. The second kappa shape index (κ2) is 7.78. The topological polar surface area (TPSA) is 40.3 Å². The summed E-state index contributed by atoms with van der Waals surface area (Å²) in [6, 6.07) is 30.9. The van der Waals surface area contributed by atoms with Gasteiger partial charge in [0.2, 0.25) is 0 Å². The van der Waals surface area contributed by atoms with E-state index < -0.39 is 11.6 Å². The Morgan fingerprint density at radius 2 is 1.28 bits per heavy atom. The van der Waals surface area contributed by atoms with Gasteiger partial charge in [0.05, 0.1) is 17.7 Å². The lowest BCUT2D eigenvalue weighted by Crippen LogP contribution is -2.41. The quantitative estimate of drug-likeness (QED) is 0.378. The molecule has 3 atom stereocenters. The SMILES string of the molecule is C=C(C(C)=O)[C@H](O)[C@@H]1CN1C(c1ccccc1)(c1ccccc1)c1ccccc1. The average molecular weight is 383 g/mol. The van der Waals surface area contributed by atoms with Crippen molar-refractivity contribution in [3.05, 3.63) is 120 Å². The van der Waals surface area contributed by atoms with Crippen molar-refractivity contribution < 1.29 is 9.90 Å². The van der Waals surface area contributed by atoms with Crippen molar-refractivity contribution in [1.82, 2.24) is 4.90 Å². The van der Waals surface area contributed by atoms with Gasteiger partial charge in [-0.2, -0.15) is 0 Å². The molecular formula is C26H25NO2. The first-order valence-electron chi connectivity index (χ1n) is 9.88. The highest BCUT2D eigenvalue weighted by atomic mass is 16.3. The van der Waals surface area contributed by atoms with Crippen molar-refractivity contribution in [2.45, 2.75) is 24.6 Å². The van der Waals surface area contributed by atoms with Gasteiger partial charge in [0.1, 0.15) is 0 Å². The molecule has 0 saturated carbocycles. The van der Waals surface area contributed by atoms with Crippen molar-refractivity contribution >= 4 is 5.78 Å². The van der Waals surface area contributed by atoms with E-state index in [1.54, 1.807) is 0 Å². The van der Waals surface area contributed by atoms with Gasteiger partial charge >= 0.3 is 0 Å². The zero-order valence-electron chi connectivity index (χ0n) is 16.5. The lowest BCUT2D eigenvalue weighted by Gasteiger charge is -2.38. The summed E-state index contributed by atoms with van der Waals surface area (Å²) >= 11 is 0. The van der Waals surface area contributed by atoms with E-state index in [1.165, 1.54) is 6.92 Å². The molecule has 1 fully saturated rings. The van der Waals surface area contributed by atoms with E-state index in [-0.39, 0.29) is 17.4 Å². The minimum Gasteiger partial charge on any atom is -0.387 e. The summed E-state index contributed by atoms with van der Waals surface area (Å²) in [5, 5.41) is 10.8. The Kier molecular flexibility index (Phi) is 5.18. The number of ketones is 1. The van der Waals surface area contributed by atoms with Gasteiger partial charge in [-0.25, -0.2) is 0 Å². The zero-order chi connectivity index (χ0) is 20.4. The fourth-order valence-electron chi connectivity index (χ4n) is 4.29. The number of benzene rings is 3. The molecule has 146 valence electrons. The number of nitrogens with zero attached hydrogens (tertiary/aromatic N) is 1. The molecule has 3 aromatic rings. The van der Waals surface area contributed by atoms with Gasteiger partial charge in [-0.1, -0.05) is 97.6 Å². The second-order valence-electron chi connectivity index (χ2n) is 7.55. The molecule has 29 heavy (non-hydrogen) atoms. The van der Waals surface area contributed by atoms with Crippen LogP contribution in [0.15, 0.2) is 103 Å². The highest BCUT2D eigenvalue weighted by molar-refractivity contribution is 5.93. The van der Waals surface area contributed by atoms with Crippen LogP contribution < -0.4 is 0 Å². The highest BCUT2D eigenvalue weighted by Crippen LogP contribution is 2.49. The van der Waals surface area contributed by atoms with Crippen LogP contribution in [0.5, 0.6) is 0 Å². The van der Waals surface area contributed by atoms with E-state index >= 15 is 0 Å². The minimum absolute atomic E-state index is 0.172. The van der Waals surface area contributed by atoms with Crippen LogP contribution in [-0.4, -0.2) is 34.5 Å². The molecular weight excluding hydrogens is 358 g/mol. The Bertz CT molecular complexity index is 902. The molecule has 1 heterocycles. The van der Waals surface area contributed by atoms with Crippen LogP contribution in [0.1, 0.15) is 23.6 Å². The number of Topliss-reactive ketones (excluding diaryl/α,β-unsaturated/α-hetero) is 1. The van der Waals surface area contributed by atoms with Gasteiger partial charge in [-0.15, -0.1) is 0 Å². The van der Waals surface area contributed by atoms with Crippen molar-refractivity contribution in [2.24, 2.45) is 0 Å². The molecule has 3 heteroatoms.